The Kier molecular flexibility index (Phi) is 5.14. The maximum Gasteiger partial charge on any atom is 0.272 e. The zero-order chi connectivity index (χ0) is 15.4. The molecule has 0 saturated heterocycles. The lowest BCUT2D eigenvalue weighted by atomic mass is 10.2. The first-order valence-electron chi connectivity index (χ1n) is 5.91. The van der Waals surface area contributed by atoms with Crippen LogP contribution in [0.2, 0.25) is 5.02 Å². The monoisotopic (exact) mass is 373 g/mol. The zero-order valence-electron chi connectivity index (χ0n) is 10.7. The molecule has 0 aliphatic carbocycles. The highest BCUT2D eigenvalue weighted by Gasteiger charge is 2.11. The van der Waals surface area contributed by atoms with Gasteiger partial charge in [0.05, 0.1) is 11.0 Å². The van der Waals surface area contributed by atoms with Crippen LogP contribution in [0.5, 0.6) is 5.75 Å². The normalized spacial score (nSPS) is 10.4. The van der Waals surface area contributed by atoms with Crippen molar-refractivity contribution in [2.75, 3.05) is 0 Å². The van der Waals surface area contributed by atoms with E-state index in [0.717, 1.165) is 11.6 Å². The number of ether oxygens (including phenoxy) is 1. The van der Waals surface area contributed by atoms with E-state index in [-0.39, 0.29) is 12.3 Å². The molecule has 0 N–H and O–H groups in total. The summed E-state index contributed by atoms with van der Waals surface area (Å²) in [7, 11) is 0. The van der Waals surface area contributed by atoms with Crippen molar-refractivity contribution in [2.24, 2.45) is 0 Å². The summed E-state index contributed by atoms with van der Waals surface area (Å²) >= 11 is 9.36. The Balaban J connectivity index is 2.21. The van der Waals surface area contributed by atoms with Gasteiger partial charge in [0.2, 0.25) is 0 Å². The van der Waals surface area contributed by atoms with Crippen molar-refractivity contribution in [3.8, 4) is 5.75 Å². The van der Waals surface area contributed by atoms with Crippen LogP contribution in [-0.2, 0) is 11.9 Å². The molecule has 0 aliphatic rings. The van der Waals surface area contributed by atoms with Crippen molar-refractivity contribution in [1.82, 2.24) is 0 Å². The van der Waals surface area contributed by atoms with Crippen molar-refractivity contribution in [3.63, 3.8) is 0 Å². The summed E-state index contributed by atoms with van der Waals surface area (Å²) in [6.07, 6.45) is 0. The zero-order valence-corrected chi connectivity index (χ0v) is 13.0. The van der Waals surface area contributed by atoms with E-state index in [4.69, 9.17) is 16.3 Å². The summed E-state index contributed by atoms with van der Waals surface area (Å²) in [5.74, 6) is -0.124. The SMILES string of the molecule is O=[N+]([O-])c1cc(F)cc(COc2cccc(Cl)c2CBr)c1. The highest BCUT2D eigenvalue weighted by Crippen LogP contribution is 2.29. The predicted molar refractivity (Wildman–Crippen MR) is 81.5 cm³/mol. The highest BCUT2D eigenvalue weighted by atomic mass is 79.9. The van der Waals surface area contributed by atoms with Gasteiger partial charge in [-0.3, -0.25) is 10.1 Å². The molecule has 0 aromatic heterocycles. The molecule has 0 saturated carbocycles. The quantitative estimate of drug-likeness (QED) is 0.426. The molecule has 0 atom stereocenters. The van der Waals surface area contributed by atoms with Crippen molar-refractivity contribution < 1.29 is 14.1 Å². The molecule has 2 rings (SSSR count). The van der Waals surface area contributed by atoms with Crippen molar-refractivity contribution in [2.45, 2.75) is 11.9 Å². The molecular weight excluding hydrogens is 365 g/mol. The molecule has 0 radical (unpaired) electrons. The number of hydrogen-bond acceptors (Lipinski definition) is 3. The van der Waals surface area contributed by atoms with E-state index in [2.05, 4.69) is 15.9 Å². The lowest BCUT2D eigenvalue weighted by Gasteiger charge is -2.11. The number of halogens is 3. The number of nitrogens with zero attached hydrogens (tertiary/aromatic N) is 1. The Hall–Kier alpha value is -1.66. The van der Waals surface area contributed by atoms with Crippen LogP contribution < -0.4 is 4.74 Å². The summed E-state index contributed by atoms with van der Waals surface area (Å²) in [5, 5.41) is 11.8. The average molecular weight is 375 g/mol. The standard InChI is InChI=1S/C14H10BrClFNO3/c15-7-12-13(16)2-1-3-14(12)21-8-9-4-10(17)6-11(5-9)18(19)20/h1-6H,7-8H2. The van der Waals surface area contributed by atoms with Crippen LogP contribution >= 0.6 is 27.5 Å². The van der Waals surface area contributed by atoms with Gasteiger partial charge < -0.3 is 4.74 Å². The van der Waals surface area contributed by atoms with Crippen molar-refractivity contribution in [3.05, 3.63) is 68.5 Å². The summed E-state index contributed by atoms with van der Waals surface area (Å²) in [4.78, 5) is 10.1. The van der Waals surface area contributed by atoms with Gasteiger partial charge in [-0.25, -0.2) is 4.39 Å². The average Bonchev–Trinajstić information content (AvgIpc) is 2.44. The molecule has 2 aromatic carbocycles. The number of non-ortho nitro benzene ring substituents is 1. The Labute approximate surface area is 133 Å². The first kappa shape index (κ1) is 15.7. The minimum absolute atomic E-state index is 0.0128. The minimum atomic E-state index is -0.672. The molecule has 4 nitrogen and oxygen atoms in total. The molecule has 0 bridgehead atoms. The number of benzene rings is 2. The number of nitro benzene ring substituents is 1. The third-order valence-electron chi connectivity index (χ3n) is 2.76. The Morgan fingerprint density at radius 2 is 2.10 bits per heavy atom. The lowest BCUT2D eigenvalue weighted by molar-refractivity contribution is -0.385. The predicted octanol–water partition coefficient (Wildman–Crippen LogP) is 4.86. The molecular formula is C14H10BrClFNO3. The second kappa shape index (κ2) is 6.87. The first-order chi connectivity index (χ1) is 10.0. The molecule has 0 amide bonds. The molecule has 0 aliphatic heterocycles. The van der Waals surface area contributed by atoms with Crippen molar-refractivity contribution >= 4 is 33.2 Å². The molecule has 0 spiro atoms. The van der Waals surface area contributed by atoms with Crippen LogP contribution in [0.15, 0.2) is 36.4 Å². The summed E-state index contributed by atoms with van der Waals surface area (Å²) in [5.41, 5.74) is 0.840. The minimum Gasteiger partial charge on any atom is -0.489 e. The smallest absolute Gasteiger partial charge is 0.272 e. The van der Waals surface area contributed by atoms with Crippen LogP contribution in [0.25, 0.3) is 0 Å². The Morgan fingerprint density at radius 1 is 1.33 bits per heavy atom. The van der Waals surface area contributed by atoms with Crippen LogP contribution in [0, 0.1) is 15.9 Å². The fourth-order valence-corrected chi connectivity index (χ4v) is 2.76. The van der Waals surface area contributed by atoms with E-state index >= 15 is 0 Å². The fraction of sp³-hybridized carbons (Fsp3) is 0.143. The highest BCUT2D eigenvalue weighted by molar-refractivity contribution is 9.08. The van der Waals surface area contributed by atoms with E-state index < -0.39 is 10.7 Å². The van der Waals surface area contributed by atoms with Crippen LogP contribution in [0.1, 0.15) is 11.1 Å². The molecule has 7 heteroatoms. The third-order valence-corrected chi connectivity index (χ3v) is 3.67. The molecule has 0 fully saturated rings. The molecule has 0 heterocycles. The van der Waals surface area contributed by atoms with E-state index in [1.165, 1.54) is 12.1 Å². The first-order valence-corrected chi connectivity index (χ1v) is 7.41. The summed E-state index contributed by atoms with van der Waals surface area (Å²) in [6.45, 7) is 0.0128. The molecule has 0 unspecified atom stereocenters. The largest absolute Gasteiger partial charge is 0.489 e. The van der Waals surface area contributed by atoms with Crippen molar-refractivity contribution in [1.29, 1.82) is 0 Å². The van der Waals surface area contributed by atoms with Gasteiger partial charge in [0, 0.05) is 22.0 Å². The van der Waals surface area contributed by atoms with Gasteiger partial charge in [0.1, 0.15) is 18.2 Å². The van der Waals surface area contributed by atoms with E-state index in [1.54, 1.807) is 18.2 Å². The molecule has 110 valence electrons. The Bertz CT molecular complexity index is 681. The van der Waals surface area contributed by atoms with Gasteiger partial charge in [-0.15, -0.1) is 0 Å². The van der Waals surface area contributed by atoms with E-state index in [9.17, 15) is 14.5 Å². The van der Waals surface area contributed by atoms with Gasteiger partial charge in [-0.1, -0.05) is 33.6 Å². The van der Waals surface area contributed by atoms with Crippen LogP contribution in [-0.4, -0.2) is 4.92 Å². The van der Waals surface area contributed by atoms with Gasteiger partial charge >= 0.3 is 0 Å². The van der Waals surface area contributed by atoms with Gasteiger partial charge in [-0.05, 0) is 23.8 Å². The second-order valence-electron chi connectivity index (χ2n) is 4.21. The van der Waals surface area contributed by atoms with Crippen LogP contribution in [0.3, 0.4) is 0 Å². The molecule has 21 heavy (non-hydrogen) atoms. The maximum atomic E-state index is 13.3. The topological polar surface area (TPSA) is 52.4 Å². The summed E-state index contributed by atoms with van der Waals surface area (Å²) in [6, 6.07) is 8.55. The Morgan fingerprint density at radius 3 is 2.76 bits per heavy atom. The number of rotatable bonds is 5. The van der Waals surface area contributed by atoms with E-state index in [1.807, 2.05) is 0 Å². The maximum absolute atomic E-state index is 13.3. The van der Waals surface area contributed by atoms with Gasteiger partial charge in [-0.2, -0.15) is 0 Å². The number of alkyl halides is 1. The lowest BCUT2D eigenvalue weighted by Crippen LogP contribution is -2.00. The fourth-order valence-electron chi connectivity index (χ4n) is 1.79. The van der Waals surface area contributed by atoms with E-state index in [0.29, 0.717) is 21.7 Å². The van der Waals surface area contributed by atoms with Gasteiger partial charge in [0.15, 0.2) is 0 Å². The van der Waals surface area contributed by atoms with Gasteiger partial charge in [0.25, 0.3) is 5.69 Å². The number of nitro groups is 1. The second-order valence-corrected chi connectivity index (χ2v) is 5.18. The van der Waals surface area contributed by atoms with Crippen LogP contribution in [0.4, 0.5) is 10.1 Å². The third kappa shape index (κ3) is 3.92. The molecule has 2 aromatic rings. The number of hydrogen-bond donors (Lipinski definition) is 0. The summed E-state index contributed by atoms with van der Waals surface area (Å²) < 4.78 is 18.9.